The number of benzene rings is 1. The molecule has 0 spiro atoms. The van der Waals surface area contributed by atoms with Crippen molar-refractivity contribution >= 4 is 11.9 Å². The molecule has 2 N–H and O–H groups in total. The number of rotatable bonds is 6. The van der Waals surface area contributed by atoms with Crippen LogP contribution in [0.5, 0.6) is 5.75 Å². The highest BCUT2D eigenvalue weighted by Gasteiger charge is 2.22. The molecule has 1 fully saturated rings. The van der Waals surface area contributed by atoms with Crippen LogP contribution >= 0.6 is 0 Å². The van der Waals surface area contributed by atoms with E-state index < -0.39 is 17.9 Å². The highest BCUT2D eigenvalue weighted by Crippen LogP contribution is 2.24. The van der Waals surface area contributed by atoms with Crippen LogP contribution in [0.15, 0.2) is 24.3 Å². The number of nitrogens with one attached hydrogen (secondary N) is 1. The Morgan fingerprint density at radius 3 is 2.59 bits per heavy atom. The molecule has 1 amide bonds. The van der Waals surface area contributed by atoms with E-state index in [1.807, 2.05) is 6.07 Å². The molecule has 2 rings (SSSR count). The van der Waals surface area contributed by atoms with Crippen molar-refractivity contribution < 1.29 is 19.4 Å². The van der Waals surface area contributed by atoms with Gasteiger partial charge in [0.15, 0.2) is 0 Å². The molecule has 0 saturated heterocycles. The molecule has 1 aromatic rings. The molecule has 5 heteroatoms. The topological polar surface area (TPSA) is 75.6 Å². The Balaban J connectivity index is 1.98. The molecule has 0 heterocycles. The van der Waals surface area contributed by atoms with Crippen molar-refractivity contribution in [2.75, 3.05) is 0 Å². The van der Waals surface area contributed by atoms with E-state index in [4.69, 9.17) is 9.84 Å². The molecule has 0 aromatic heterocycles. The van der Waals surface area contributed by atoms with Gasteiger partial charge in [-0.25, -0.2) is 0 Å². The summed E-state index contributed by atoms with van der Waals surface area (Å²) in [6.45, 7) is 3.27. The van der Waals surface area contributed by atoms with Crippen molar-refractivity contribution in [3.8, 4) is 5.75 Å². The lowest BCUT2D eigenvalue weighted by Crippen LogP contribution is -2.40. The van der Waals surface area contributed by atoms with Crippen molar-refractivity contribution in [1.29, 1.82) is 0 Å². The monoisotopic (exact) mass is 305 g/mol. The minimum absolute atomic E-state index is 0.240. The lowest BCUT2D eigenvalue weighted by molar-refractivity contribution is -0.141. The van der Waals surface area contributed by atoms with Crippen LogP contribution in [0.4, 0.5) is 0 Å². The van der Waals surface area contributed by atoms with Gasteiger partial charge in [0.25, 0.3) is 5.91 Å². The molecule has 1 aliphatic rings. The van der Waals surface area contributed by atoms with Crippen LogP contribution in [0.3, 0.4) is 0 Å². The molecule has 120 valence electrons. The fourth-order valence-electron chi connectivity index (χ4n) is 2.54. The van der Waals surface area contributed by atoms with E-state index >= 15 is 0 Å². The van der Waals surface area contributed by atoms with Gasteiger partial charge >= 0.3 is 5.97 Å². The second-order valence-corrected chi connectivity index (χ2v) is 5.94. The predicted molar refractivity (Wildman–Crippen MR) is 83.1 cm³/mol. The number of carbonyl (C=O) groups is 2. The number of hydrogen-bond acceptors (Lipinski definition) is 3. The van der Waals surface area contributed by atoms with E-state index in [9.17, 15) is 9.59 Å². The highest BCUT2D eigenvalue weighted by atomic mass is 16.5. The van der Waals surface area contributed by atoms with Gasteiger partial charge in [0, 0.05) is 11.6 Å². The zero-order valence-corrected chi connectivity index (χ0v) is 13.0. The molecule has 5 nitrogen and oxygen atoms in total. The average molecular weight is 305 g/mol. The fraction of sp³-hybridized carbons (Fsp3) is 0.529. The summed E-state index contributed by atoms with van der Waals surface area (Å²) in [4.78, 5) is 23.1. The maximum atomic E-state index is 12.2. The summed E-state index contributed by atoms with van der Waals surface area (Å²) in [5.74, 6) is -1.15. The minimum Gasteiger partial charge on any atom is -0.490 e. The third-order valence-corrected chi connectivity index (χ3v) is 4.20. The predicted octanol–water partition coefficient (Wildman–Crippen LogP) is 2.85. The molecular formula is C17H23NO4. The largest absolute Gasteiger partial charge is 0.490 e. The normalized spacial score (nSPS) is 17.7. The van der Waals surface area contributed by atoms with E-state index in [0.29, 0.717) is 11.3 Å². The molecule has 0 radical (unpaired) electrons. The maximum absolute atomic E-state index is 12.2. The Morgan fingerprint density at radius 1 is 1.27 bits per heavy atom. The van der Waals surface area contributed by atoms with E-state index in [-0.39, 0.29) is 12.0 Å². The summed E-state index contributed by atoms with van der Waals surface area (Å²) in [6, 6.07) is 6.60. The van der Waals surface area contributed by atoms with E-state index in [1.54, 1.807) is 32.0 Å². The van der Waals surface area contributed by atoms with Gasteiger partial charge in [0.05, 0.1) is 12.0 Å². The van der Waals surface area contributed by atoms with E-state index in [0.717, 1.165) is 12.8 Å². The van der Waals surface area contributed by atoms with E-state index in [1.165, 1.54) is 12.8 Å². The number of hydrogen-bond donors (Lipinski definition) is 2. The summed E-state index contributed by atoms with van der Waals surface area (Å²) in [6.07, 6.45) is 4.74. The van der Waals surface area contributed by atoms with Crippen molar-refractivity contribution in [2.24, 2.45) is 5.92 Å². The summed E-state index contributed by atoms with van der Waals surface area (Å²) < 4.78 is 5.88. The van der Waals surface area contributed by atoms with Crippen molar-refractivity contribution in [2.45, 2.75) is 51.7 Å². The molecule has 22 heavy (non-hydrogen) atoms. The number of ether oxygens (including phenoxy) is 1. The first kappa shape index (κ1) is 16.3. The fourth-order valence-corrected chi connectivity index (χ4v) is 2.54. The number of amides is 1. The zero-order chi connectivity index (χ0) is 16.1. The number of carboxylic acid groups (broad SMARTS) is 1. The Morgan fingerprint density at radius 2 is 1.95 bits per heavy atom. The van der Waals surface area contributed by atoms with Crippen LogP contribution in [0.25, 0.3) is 0 Å². The molecule has 2 unspecified atom stereocenters. The molecular weight excluding hydrogens is 282 g/mol. The first-order valence-corrected chi connectivity index (χ1v) is 7.77. The Bertz CT molecular complexity index is 537. The third kappa shape index (κ3) is 4.23. The highest BCUT2D eigenvalue weighted by molar-refractivity contribution is 5.95. The lowest BCUT2D eigenvalue weighted by Gasteiger charge is -2.18. The van der Waals surface area contributed by atoms with Crippen molar-refractivity contribution in [3.63, 3.8) is 0 Å². The van der Waals surface area contributed by atoms with Gasteiger partial charge in [-0.1, -0.05) is 6.07 Å². The Kier molecular flexibility index (Phi) is 5.41. The molecule has 0 aliphatic heterocycles. The van der Waals surface area contributed by atoms with Gasteiger partial charge in [-0.15, -0.1) is 0 Å². The van der Waals surface area contributed by atoms with Gasteiger partial charge in [-0.2, -0.15) is 0 Å². The average Bonchev–Trinajstić information content (AvgIpc) is 2.99. The second kappa shape index (κ2) is 7.29. The second-order valence-electron chi connectivity index (χ2n) is 5.94. The van der Waals surface area contributed by atoms with Gasteiger partial charge in [0.2, 0.25) is 0 Å². The zero-order valence-electron chi connectivity index (χ0n) is 13.0. The lowest BCUT2D eigenvalue weighted by atomic mass is 10.0. The first-order valence-electron chi connectivity index (χ1n) is 7.77. The van der Waals surface area contributed by atoms with Crippen LogP contribution in [-0.4, -0.2) is 29.1 Å². The third-order valence-electron chi connectivity index (χ3n) is 4.20. The van der Waals surface area contributed by atoms with Crippen LogP contribution in [0.2, 0.25) is 0 Å². The van der Waals surface area contributed by atoms with E-state index in [2.05, 4.69) is 5.32 Å². The summed E-state index contributed by atoms with van der Waals surface area (Å²) in [5, 5.41) is 11.7. The van der Waals surface area contributed by atoms with Gasteiger partial charge in [-0.3, -0.25) is 9.59 Å². The van der Waals surface area contributed by atoms with Crippen LogP contribution in [0, 0.1) is 5.92 Å². The standard InChI is InChI=1S/C17H23NO4/c1-11(17(20)21)12(2)18-16(19)13-6-5-9-15(10-13)22-14-7-3-4-8-14/h5-6,9-12,14H,3-4,7-8H2,1-2H3,(H,18,19)(H,20,21). The summed E-state index contributed by atoms with van der Waals surface area (Å²) >= 11 is 0. The van der Waals surface area contributed by atoms with Crippen LogP contribution in [0.1, 0.15) is 49.9 Å². The van der Waals surface area contributed by atoms with Crippen molar-refractivity contribution in [3.05, 3.63) is 29.8 Å². The molecule has 1 saturated carbocycles. The number of carboxylic acids is 1. The Hall–Kier alpha value is -2.04. The molecule has 2 atom stereocenters. The first-order chi connectivity index (χ1) is 10.5. The number of carbonyl (C=O) groups excluding carboxylic acids is 1. The van der Waals surface area contributed by atoms with Gasteiger partial charge in [-0.05, 0) is 57.7 Å². The van der Waals surface area contributed by atoms with Gasteiger partial charge < -0.3 is 15.2 Å². The van der Waals surface area contributed by atoms with Gasteiger partial charge in [0.1, 0.15) is 5.75 Å². The number of aliphatic carboxylic acids is 1. The quantitative estimate of drug-likeness (QED) is 0.847. The van der Waals surface area contributed by atoms with Crippen molar-refractivity contribution in [1.82, 2.24) is 5.32 Å². The molecule has 0 bridgehead atoms. The summed E-state index contributed by atoms with van der Waals surface area (Å²) in [5.41, 5.74) is 0.486. The smallest absolute Gasteiger partial charge is 0.308 e. The van der Waals surface area contributed by atoms with Crippen LogP contribution in [-0.2, 0) is 4.79 Å². The molecule has 1 aromatic carbocycles. The van der Waals surface area contributed by atoms with Crippen LogP contribution < -0.4 is 10.1 Å². The minimum atomic E-state index is -0.925. The SMILES string of the molecule is CC(NC(=O)c1cccc(OC2CCCC2)c1)C(C)C(=O)O. The summed E-state index contributed by atoms with van der Waals surface area (Å²) in [7, 11) is 0. The maximum Gasteiger partial charge on any atom is 0.308 e. The Labute approximate surface area is 130 Å². The molecule has 1 aliphatic carbocycles.